The van der Waals surface area contributed by atoms with Crippen LogP contribution in [0.1, 0.15) is 25.3 Å². The van der Waals surface area contributed by atoms with Gasteiger partial charge in [0, 0.05) is 23.9 Å². The molecule has 0 radical (unpaired) electrons. The minimum absolute atomic E-state index is 0.0160. The number of H-pyrrole nitrogens is 1. The summed E-state index contributed by atoms with van der Waals surface area (Å²) in [6, 6.07) is 10.2. The molecule has 0 saturated carbocycles. The van der Waals surface area contributed by atoms with Gasteiger partial charge >= 0.3 is 6.09 Å². The van der Waals surface area contributed by atoms with Gasteiger partial charge in [0.05, 0.1) is 5.52 Å². The summed E-state index contributed by atoms with van der Waals surface area (Å²) in [6.45, 7) is 2.45. The predicted molar refractivity (Wildman–Crippen MR) is 99.0 cm³/mol. The van der Waals surface area contributed by atoms with Gasteiger partial charge in [0.25, 0.3) is 0 Å². The van der Waals surface area contributed by atoms with Gasteiger partial charge < -0.3 is 14.8 Å². The minimum Gasteiger partial charge on any atom is -0.490 e. The second-order valence-electron chi connectivity index (χ2n) is 6.57. The van der Waals surface area contributed by atoms with E-state index in [4.69, 9.17) is 9.47 Å². The molecule has 2 heterocycles. The lowest BCUT2D eigenvalue weighted by molar-refractivity contribution is 0.136. The van der Waals surface area contributed by atoms with E-state index < -0.39 is 11.9 Å². The Bertz CT molecular complexity index is 986. The second kappa shape index (κ2) is 7.26. The van der Waals surface area contributed by atoms with Crippen molar-refractivity contribution >= 4 is 17.0 Å². The van der Waals surface area contributed by atoms with E-state index in [0.29, 0.717) is 35.5 Å². The highest BCUT2D eigenvalue weighted by atomic mass is 19.1. The SMILES string of the molecule is CCC1CCNC(=O)OCc2cc(F)cc(c2)-c2n[nH]c3ccc(cc23)O1. The number of aromatic amines is 1. The van der Waals surface area contributed by atoms with E-state index in [1.54, 1.807) is 6.07 Å². The van der Waals surface area contributed by atoms with Crippen molar-refractivity contribution in [3.8, 4) is 17.0 Å². The molecule has 1 aliphatic heterocycles. The van der Waals surface area contributed by atoms with Crippen molar-refractivity contribution in [2.75, 3.05) is 6.54 Å². The number of amides is 1. The Morgan fingerprint density at radius 1 is 1.26 bits per heavy atom. The molecule has 0 aliphatic carbocycles. The van der Waals surface area contributed by atoms with E-state index in [0.717, 1.165) is 17.3 Å². The molecule has 27 heavy (non-hydrogen) atoms. The standard InChI is InChI=1S/C20H20FN3O3/c1-2-15-5-6-22-20(25)26-11-12-7-13(9-14(21)8-12)19-17-10-16(27-15)3-4-18(17)23-24-19/h3-4,7-10,15H,2,5-6,11H2,1H3,(H,22,25)(H,23,24). The number of aromatic nitrogens is 2. The van der Waals surface area contributed by atoms with Crippen LogP contribution in [0.15, 0.2) is 36.4 Å². The summed E-state index contributed by atoms with van der Waals surface area (Å²) in [5, 5.41) is 10.9. The lowest BCUT2D eigenvalue weighted by Crippen LogP contribution is -2.29. The molecule has 7 heteroatoms. The van der Waals surface area contributed by atoms with Gasteiger partial charge in [0.1, 0.15) is 30.0 Å². The number of benzene rings is 2. The highest BCUT2D eigenvalue weighted by Gasteiger charge is 2.15. The van der Waals surface area contributed by atoms with Crippen LogP contribution in [-0.2, 0) is 11.3 Å². The van der Waals surface area contributed by atoms with Gasteiger partial charge in [-0.05, 0) is 48.4 Å². The molecule has 2 aromatic carbocycles. The van der Waals surface area contributed by atoms with Gasteiger partial charge in [0.15, 0.2) is 0 Å². The van der Waals surface area contributed by atoms with E-state index in [1.807, 2.05) is 25.1 Å². The fraction of sp³-hybridized carbons (Fsp3) is 0.300. The topological polar surface area (TPSA) is 76.2 Å². The molecule has 0 saturated heterocycles. The molecule has 4 rings (SSSR count). The van der Waals surface area contributed by atoms with Crippen LogP contribution in [0.3, 0.4) is 0 Å². The maximum atomic E-state index is 14.1. The molecule has 1 atom stereocenters. The first-order valence-electron chi connectivity index (χ1n) is 8.97. The van der Waals surface area contributed by atoms with Crippen LogP contribution in [-0.4, -0.2) is 28.9 Å². The lowest BCUT2D eigenvalue weighted by atomic mass is 10.0. The summed E-state index contributed by atoms with van der Waals surface area (Å²) >= 11 is 0. The summed E-state index contributed by atoms with van der Waals surface area (Å²) < 4.78 is 25.4. The molecule has 4 bridgehead atoms. The zero-order valence-electron chi connectivity index (χ0n) is 14.9. The average Bonchev–Trinajstić information content (AvgIpc) is 3.07. The summed E-state index contributed by atoms with van der Waals surface area (Å²) in [5.41, 5.74) is 2.64. The van der Waals surface area contributed by atoms with Gasteiger partial charge in [-0.3, -0.25) is 5.10 Å². The molecule has 0 fully saturated rings. The van der Waals surface area contributed by atoms with Crippen molar-refractivity contribution in [3.05, 3.63) is 47.8 Å². The zero-order chi connectivity index (χ0) is 18.8. The van der Waals surface area contributed by atoms with Crippen LogP contribution >= 0.6 is 0 Å². The summed E-state index contributed by atoms with van der Waals surface area (Å²) in [4.78, 5) is 11.9. The molecule has 2 N–H and O–H groups in total. The smallest absolute Gasteiger partial charge is 0.407 e. The lowest BCUT2D eigenvalue weighted by Gasteiger charge is -2.18. The number of halogens is 1. The Hall–Kier alpha value is -3.09. The number of carbonyl (C=O) groups is 1. The van der Waals surface area contributed by atoms with Crippen molar-refractivity contribution in [2.24, 2.45) is 0 Å². The summed E-state index contributed by atoms with van der Waals surface area (Å²) in [7, 11) is 0. The van der Waals surface area contributed by atoms with E-state index in [2.05, 4.69) is 15.5 Å². The monoisotopic (exact) mass is 369 g/mol. The zero-order valence-corrected chi connectivity index (χ0v) is 14.9. The number of ether oxygens (including phenoxy) is 2. The number of nitrogens with one attached hydrogen (secondary N) is 2. The number of hydrogen-bond donors (Lipinski definition) is 2. The number of cyclic esters (lactones) is 1. The Morgan fingerprint density at radius 2 is 2.15 bits per heavy atom. The molecule has 0 spiro atoms. The predicted octanol–water partition coefficient (Wildman–Crippen LogP) is 4.16. The van der Waals surface area contributed by atoms with Crippen molar-refractivity contribution < 1.29 is 18.7 Å². The van der Waals surface area contributed by atoms with Crippen LogP contribution in [0.5, 0.6) is 5.75 Å². The average molecular weight is 369 g/mol. The molecule has 1 aromatic heterocycles. The van der Waals surface area contributed by atoms with Crippen LogP contribution in [0, 0.1) is 5.82 Å². The Labute approximate surface area is 155 Å². The van der Waals surface area contributed by atoms with Gasteiger partial charge in [0.2, 0.25) is 0 Å². The molecule has 1 unspecified atom stereocenters. The number of nitrogens with zero attached hydrogens (tertiary/aromatic N) is 1. The van der Waals surface area contributed by atoms with Crippen molar-refractivity contribution in [1.82, 2.24) is 15.5 Å². The number of hydrogen-bond acceptors (Lipinski definition) is 4. The Morgan fingerprint density at radius 3 is 3.00 bits per heavy atom. The van der Waals surface area contributed by atoms with Crippen molar-refractivity contribution in [2.45, 2.75) is 32.5 Å². The van der Waals surface area contributed by atoms with E-state index in [1.165, 1.54) is 12.1 Å². The number of rotatable bonds is 1. The third kappa shape index (κ3) is 3.72. The largest absolute Gasteiger partial charge is 0.490 e. The van der Waals surface area contributed by atoms with Gasteiger partial charge in [-0.1, -0.05) is 6.92 Å². The fourth-order valence-corrected chi connectivity index (χ4v) is 3.23. The number of fused-ring (bicyclic) bond motifs is 4. The third-order valence-corrected chi connectivity index (χ3v) is 4.63. The molecule has 6 nitrogen and oxygen atoms in total. The van der Waals surface area contributed by atoms with Crippen molar-refractivity contribution in [1.29, 1.82) is 0 Å². The summed E-state index contributed by atoms with van der Waals surface area (Å²) in [6.07, 6.45) is 0.887. The highest BCUT2D eigenvalue weighted by Crippen LogP contribution is 2.31. The quantitative estimate of drug-likeness (QED) is 0.675. The second-order valence-corrected chi connectivity index (χ2v) is 6.57. The van der Waals surface area contributed by atoms with Crippen LogP contribution in [0.25, 0.3) is 22.2 Å². The highest BCUT2D eigenvalue weighted by molar-refractivity contribution is 5.93. The van der Waals surface area contributed by atoms with Crippen LogP contribution in [0.4, 0.5) is 9.18 Å². The maximum Gasteiger partial charge on any atom is 0.407 e. The number of alkyl carbamates (subject to hydrolysis) is 1. The molecular weight excluding hydrogens is 349 g/mol. The Kier molecular flexibility index (Phi) is 4.66. The Balaban J connectivity index is 1.81. The first-order chi connectivity index (χ1) is 13.1. The van der Waals surface area contributed by atoms with Crippen LogP contribution in [0.2, 0.25) is 0 Å². The van der Waals surface area contributed by atoms with Gasteiger partial charge in [-0.15, -0.1) is 0 Å². The molecule has 3 aromatic rings. The van der Waals surface area contributed by atoms with E-state index >= 15 is 0 Å². The summed E-state index contributed by atoms with van der Waals surface area (Å²) in [5.74, 6) is 0.302. The van der Waals surface area contributed by atoms with E-state index in [-0.39, 0.29) is 12.7 Å². The van der Waals surface area contributed by atoms with Gasteiger partial charge in [-0.2, -0.15) is 5.10 Å². The first-order valence-corrected chi connectivity index (χ1v) is 8.97. The van der Waals surface area contributed by atoms with Crippen LogP contribution < -0.4 is 10.1 Å². The molecule has 140 valence electrons. The molecule has 1 aliphatic rings. The number of carbonyl (C=O) groups excluding carboxylic acids is 1. The first kappa shape index (κ1) is 17.3. The normalized spacial score (nSPS) is 17.6. The molecule has 1 amide bonds. The third-order valence-electron chi connectivity index (χ3n) is 4.63. The van der Waals surface area contributed by atoms with Gasteiger partial charge in [-0.25, -0.2) is 9.18 Å². The minimum atomic E-state index is -0.534. The van der Waals surface area contributed by atoms with E-state index in [9.17, 15) is 9.18 Å². The maximum absolute atomic E-state index is 14.1. The van der Waals surface area contributed by atoms with Crippen molar-refractivity contribution in [3.63, 3.8) is 0 Å². The fourth-order valence-electron chi connectivity index (χ4n) is 3.23. The molecular formula is C20H20FN3O3.